The van der Waals surface area contributed by atoms with Crippen LogP contribution in [0.25, 0.3) is 0 Å². The third kappa shape index (κ3) is 3.48. The van der Waals surface area contributed by atoms with Gasteiger partial charge in [0.1, 0.15) is 11.4 Å². The van der Waals surface area contributed by atoms with Gasteiger partial charge in [0.2, 0.25) is 0 Å². The largest absolute Gasteiger partial charge is 0.325 e. The fraction of sp³-hybridized carbons (Fsp3) is 0.500. The summed E-state index contributed by atoms with van der Waals surface area (Å²) in [7, 11) is 0. The monoisotopic (exact) mass is 370 g/mol. The minimum absolute atomic E-state index is 0.0545. The third-order valence-corrected chi connectivity index (χ3v) is 4.40. The van der Waals surface area contributed by atoms with E-state index >= 15 is 0 Å². The summed E-state index contributed by atoms with van der Waals surface area (Å²) in [5, 5.41) is 2.74. The van der Waals surface area contributed by atoms with Crippen LogP contribution in [0.4, 0.5) is 9.18 Å². The molecule has 6 heteroatoms. The predicted molar refractivity (Wildman–Crippen MR) is 85.7 cm³/mol. The Bertz CT molecular complexity index is 606. The third-order valence-electron chi connectivity index (χ3n) is 3.91. The average Bonchev–Trinajstić information content (AvgIpc) is 2.63. The zero-order chi connectivity index (χ0) is 16.5. The number of benzene rings is 1. The van der Waals surface area contributed by atoms with Gasteiger partial charge in [-0.3, -0.25) is 9.69 Å². The molecule has 0 spiro atoms. The van der Waals surface area contributed by atoms with Crippen molar-refractivity contribution in [2.75, 3.05) is 0 Å². The number of hydrogen-bond donors (Lipinski definition) is 1. The van der Waals surface area contributed by atoms with Crippen LogP contribution in [-0.2, 0) is 11.3 Å². The number of carbonyl (C=O) groups is 2. The topological polar surface area (TPSA) is 49.4 Å². The molecule has 2 rings (SSSR count). The first-order valence-electron chi connectivity index (χ1n) is 7.31. The van der Waals surface area contributed by atoms with Gasteiger partial charge < -0.3 is 5.32 Å². The smallest absolute Gasteiger partial charge is 0.323 e. The van der Waals surface area contributed by atoms with Gasteiger partial charge >= 0.3 is 6.03 Å². The second-order valence-electron chi connectivity index (χ2n) is 6.32. The Labute approximate surface area is 138 Å². The molecule has 22 heavy (non-hydrogen) atoms. The lowest BCUT2D eigenvalue weighted by atomic mass is 9.92. The Morgan fingerprint density at radius 2 is 2.05 bits per heavy atom. The highest BCUT2D eigenvalue weighted by molar-refractivity contribution is 9.10. The van der Waals surface area contributed by atoms with Crippen molar-refractivity contribution < 1.29 is 14.0 Å². The molecule has 1 saturated heterocycles. The number of nitrogens with zero attached hydrogens (tertiary/aromatic N) is 1. The van der Waals surface area contributed by atoms with Gasteiger partial charge in [-0.25, -0.2) is 9.18 Å². The summed E-state index contributed by atoms with van der Waals surface area (Å²) < 4.78 is 14.5. The lowest BCUT2D eigenvalue weighted by molar-refractivity contribution is -0.131. The summed E-state index contributed by atoms with van der Waals surface area (Å²) in [6.45, 7) is 5.81. The Balaban J connectivity index is 2.15. The number of imide groups is 1. The summed E-state index contributed by atoms with van der Waals surface area (Å²) >= 11 is 3.19. The SMILES string of the molecule is CC(C)CC[C@@]1(C)NC(=O)N(Cc2ccc(Br)cc2F)C1=O. The van der Waals surface area contributed by atoms with E-state index in [0.717, 1.165) is 11.3 Å². The van der Waals surface area contributed by atoms with E-state index in [0.29, 0.717) is 22.4 Å². The van der Waals surface area contributed by atoms with E-state index in [4.69, 9.17) is 0 Å². The summed E-state index contributed by atoms with van der Waals surface area (Å²) in [6.07, 6.45) is 1.41. The van der Waals surface area contributed by atoms with Crippen LogP contribution in [0.15, 0.2) is 22.7 Å². The Morgan fingerprint density at radius 3 is 2.64 bits per heavy atom. The van der Waals surface area contributed by atoms with Crippen molar-refractivity contribution in [1.82, 2.24) is 10.2 Å². The van der Waals surface area contributed by atoms with Crippen molar-refractivity contribution in [1.29, 1.82) is 0 Å². The van der Waals surface area contributed by atoms with E-state index in [1.807, 2.05) is 0 Å². The second-order valence-corrected chi connectivity index (χ2v) is 7.24. The lowest BCUT2D eigenvalue weighted by Crippen LogP contribution is -2.44. The van der Waals surface area contributed by atoms with Crippen molar-refractivity contribution in [3.05, 3.63) is 34.1 Å². The van der Waals surface area contributed by atoms with E-state index < -0.39 is 17.4 Å². The number of amides is 3. The molecule has 0 radical (unpaired) electrons. The fourth-order valence-corrected chi connectivity index (χ4v) is 2.79. The summed E-state index contributed by atoms with van der Waals surface area (Å²) in [5.74, 6) is -0.286. The van der Waals surface area contributed by atoms with Crippen molar-refractivity contribution >= 4 is 27.9 Å². The molecule has 4 nitrogen and oxygen atoms in total. The van der Waals surface area contributed by atoms with E-state index in [2.05, 4.69) is 35.1 Å². The van der Waals surface area contributed by atoms with Crippen LogP contribution < -0.4 is 5.32 Å². The molecule has 0 aromatic heterocycles. The highest BCUT2D eigenvalue weighted by Gasteiger charge is 2.47. The van der Waals surface area contributed by atoms with Crippen LogP contribution in [0.1, 0.15) is 39.2 Å². The van der Waals surface area contributed by atoms with E-state index in [1.54, 1.807) is 19.1 Å². The van der Waals surface area contributed by atoms with Gasteiger partial charge in [0.05, 0.1) is 6.54 Å². The molecule has 120 valence electrons. The number of carbonyl (C=O) groups excluding carboxylic acids is 2. The minimum atomic E-state index is -0.896. The predicted octanol–water partition coefficient (Wildman–Crippen LogP) is 3.83. The first-order valence-corrected chi connectivity index (χ1v) is 8.10. The van der Waals surface area contributed by atoms with Gasteiger partial charge in [-0.1, -0.05) is 35.8 Å². The minimum Gasteiger partial charge on any atom is -0.323 e. The first-order chi connectivity index (χ1) is 10.2. The van der Waals surface area contributed by atoms with E-state index in [1.165, 1.54) is 6.07 Å². The molecule has 1 aromatic carbocycles. The van der Waals surface area contributed by atoms with Gasteiger partial charge in [0.25, 0.3) is 5.91 Å². The Hall–Kier alpha value is -1.43. The normalized spacial score (nSPS) is 21.6. The average molecular weight is 371 g/mol. The van der Waals surface area contributed by atoms with Crippen LogP contribution in [0.3, 0.4) is 0 Å². The zero-order valence-corrected chi connectivity index (χ0v) is 14.5. The molecule has 1 aliphatic rings. The molecule has 1 N–H and O–H groups in total. The number of rotatable bonds is 5. The number of halogens is 2. The molecule has 0 aliphatic carbocycles. The molecule has 0 unspecified atom stereocenters. The standard InChI is InChI=1S/C16H20BrFN2O2/c1-10(2)6-7-16(3)14(21)20(15(22)19-16)9-11-4-5-12(17)8-13(11)18/h4-5,8,10H,6-7,9H2,1-3H3,(H,19,22)/t16-/m1/s1. The Morgan fingerprint density at radius 1 is 1.36 bits per heavy atom. The van der Waals surface area contributed by atoms with Gasteiger partial charge in [-0.15, -0.1) is 0 Å². The number of hydrogen-bond acceptors (Lipinski definition) is 2. The maximum atomic E-state index is 13.9. The summed E-state index contributed by atoms with van der Waals surface area (Å²) in [4.78, 5) is 25.7. The molecule has 1 atom stereocenters. The molecule has 1 fully saturated rings. The van der Waals surface area contributed by atoms with Crippen LogP contribution in [0.2, 0.25) is 0 Å². The fourth-order valence-electron chi connectivity index (χ4n) is 2.46. The Kier molecular flexibility index (Phi) is 4.90. The van der Waals surface area contributed by atoms with Crippen molar-refractivity contribution in [3.63, 3.8) is 0 Å². The highest BCUT2D eigenvalue weighted by Crippen LogP contribution is 2.27. The van der Waals surface area contributed by atoms with E-state index in [9.17, 15) is 14.0 Å². The molecule has 1 aromatic rings. The van der Waals surface area contributed by atoms with Crippen LogP contribution in [-0.4, -0.2) is 22.4 Å². The quantitative estimate of drug-likeness (QED) is 0.800. The van der Waals surface area contributed by atoms with Crippen LogP contribution >= 0.6 is 15.9 Å². The zero-order valence-electron chi connectivity index (χ0n) is 13.0. The lowest BCUT2D eigenvalue weighted by Gasteiger charge is -2.22. The maximum Gasteiger partial charge on any atom is 0.325 e. The molecule has 3 amide bonds. The first kappa shape index (κ1) is 16.9. The molecule has 0 bridgehead atoms. The molecular weight excluding hydrogens is 351 g/mol. The van der Waals surface area contributed by atoms with Gasteiger partial charge in [0.15, 0.2) is 0 Å². The second kappa shape index (κ2) is 6.36. The molecular formula is C16H20BrFN2O2. The number of nitrogens with one attached hydrogen (secondary N) is 1. The highest BCUT2D eigenvalue weighted by atomic mass is 79.9. The van der Waals surface area contributed by atoms with Crippen molar-refractivity contribution in [2.45, 2.75) is 45.7 Å². The molecule has 1 aliphatic heterocycles. The molecule has 0 saturated carbocycles. The molecule has 1 heterocycles. The van der Waals surface area contributed by atoms with Crippen LogP contribution in [0, 0.1) is 11.7 Å². The summed E-state index contributed by atoms with van der Waals surface area (Å²) in [6, 6.07) is 4.13. The maximum absolute atomic E-state index is 13.9. The summed E-state index contributed by atoms with van der Waals surface area (Å²) in [5.41, 5.74) is -0.576. The van der Waals surface area contributed by atoms with Crippen molar-refractivity contribution in [3.8, 4) is 0 Å². The number of urea groups is 1. The van der Waals surface area contributed by atoms with Crippen molar-refractivity contribution in [2.24, 2.45) is 5.92 Å². The van der Waals surface area contributed by atoms with Gasteiger partial charge in [-0.05, 0) is 37.8 Å². The van der Waals surface area contributed by atoms with E-state index in [-0.39, 0.29) is 12.5 Å². The van der Waals surface area contributed by atoms with Gasteiger partial charge in [-0.2, -0.15) is 0 Å². The van der Waals surface area contributed by atoms with Gasteiger partial charge in [0, 0.05) is 10.0 Å². The van der Waals surface area contributed by atoms with Crippen LogP contribution in [0.5, 0.6) is 0 Å².